The lowest BCUT2D eigenvalue weighted by Crippen LogP contribution is -2.25. The minimum Gasteiger partial charge on any atom is -0.443 e. The van der Waals surface area contributed by atoms with Gasteiger partial charge in [0.15, 0.2) is 0 Å². The maximum atomic E-state index is 11.5. The Labute approximate surface area is 93.6 Å². The summed E-state index contributed by atoms with van der Waals surface area (Å²) in [4.78, 5) is 13.2. The van der Waals surface area contributed by atoms with Gasteiger partial charge < -0.3 is 4.74 Å². The summed E-state index contributed by atoms with van der Waals surface area (Å²) >= 11 is 5.66. The number of anilines is 1. The molecule has 4 heteroatoms. The van der Waals surface area contributed by atoms with Crippen LogP contribution in [0.15, 0.2) is 24.3 Å². The number of alkyl halides is 1. The molecule has 1 aliphatic rings. The predicted molar refractivity (Wildman–Crippen MR) is 59.5 cm³/mol. The van der Waals surface area contributed by atoms with Crippen LogP contribution < -0.4 is 4.90 Å². The Morgan fingerprint density at radius 3 is 2.87 bits per heavy atom. The number of carbonyl (C=O) groups is 1. The van der Waals surface area contributed by atoms with Crippen molar-refractivity contribution < 1.29 is 9.53 Å². The number of nitrogens with zero attached hydrogens (tertiary/aromatic N) is 1. The zero-order valence-electron chi connectivity index (χ0n) is 8.44. The third-order valence-corrected chi connectivity index (χ3v) is 2.80. The summed E-state index contributed by atoms with van der Waals surface area (Å²) < 4.78 is 5.09. The molecule has 1 aromatic rings. The highest BCUT2D eigenvalue weighted by Gasteiger charge is 2.32. The quantitative estimate of drug-likeness (QED) is 0.724. The predicted octanol–water partition coefficient (Wildman–Crippen LogP) is 2.56. The zero-order chi connectivity index (χ0) is 10.8. The SMILES string of the molecule is Cc1ccccc1N1C[C@H](CCl)OC1=O. The van der Waals surface area contributed by atoms with Crippen molar-refractivity contribution in [2.75, 3.05) is 17.3 Å². The molecule has 1 saturated heterocycles. The fraction of sp³-hybridized carbons (Fsp3) is 0.364. The average Bonchev–Trinajstić information content (AvgIpc) is 2.60. The van der Waals surface area contributed by atoms with Crippen molar-refractivity contribution in [3.05, 3.63) is 29.8 Å². The van der Waals surface area contributed by atoms with Gasteiger partial charge in [-0.15, -0.1) is 11.6 Å². The van der Waals surface area contributed by atoms with Crippen LogP contribution in [0.25, 0.3) is 0 Å². The first kappa shape index (κ1) is 10.3. The minimum absolute atomic E-state index is 0.196. The summed E-state index contributed by atoms with van der Waals surface area (Å²) in [5.74, 6) is 0.341. The van der Waals surface area contributed by atoms with Crippen LogP contribution in [0.2, 0.25) is 0 Å². The summed E-state index contributed by atoms with van der Waals surface area (Å²) in [7, 11) is 0. The van der Waals surface area contributed by atoms with Gasteiger partial charge in [-0.3, -0.25) is 4.90 Å². The Kier molecular flexibility index (Phi) is 2.82. The smallest absolute Gasteiger partial charge is 0.414 e. The molecule has 1 aromatic carbocycles. The molecule has 0 radical (unpaired) electrons. The molecule has 3 nitrogen and oxygen atoms in total. The van der Waals surface area contributed by atoms with Gasteiger partial charge in [0.2, 0.25) is 0 Å². The molecular weight excluding hydrogens is 214 g/mol. The van der Waals surface area contributed by atoms with E-state index in [1.807, 2.05) is 31.2 Å². The number of benzene rings is 1. The molecule has 0 aliphatic carbocycles. The van der Waals surface area contributed by atoms with Crippen LogP contribution in [-0.4, -0.2) is 24.6 Å². The van der Waals surface area contributed by atoms with Gasteiger partial charge in [-0.2, -0.15) is 0 Å². The van der Waals surface area contributed by atoms with Crippen LogP contribution in [0.5, 0.6) is 0 Å². The first-order valence-electron chi connectivity index (χ1n) is 4.82. The highest BCUT2D eigenvalue weighted by molar-refractivity contribution is 6.18. The van der Waals surface area contributed by atoms with E-state index in [-0.39, 0.29) is 12.2 Å². The summed E-state index contributed by atoms with van der Waals surface area (Å²) in [6, 6.07) is 7.73. The Balaban J connectivity index is 2.25. The highest BCUT2D eigenvalue weighted by atomic mass is 35.5. The molecule has 80 valence electrons. The molecule has 15 heavy (non-hydrogen) atoms. The molecule has 2 rings (SSSR count). The second-order valence-electron chi connectivity index (χ2n) is 3.56. The Hall–Kier alpha value is -1.22. The van der Waals surface area contributed by atoms with E-state index in [1.165, 1.54) is 0 Å². The molecule has 0 spiro atoms. The maximum absolute atomic E-state index is 11.5. The minimum atomic E-state index is -0.310. The second-order valence-corrected chi connectivity index (χ2v) is 3.87. The van der Waals surface area contributed by atoms with Crippen molar-refractivity contribution >= 4 is 23.4 Å². The Morgan fingerprint density at radius 1 is 1.53 bits per heavy atom. The van der Waals surface area contributed by atoms with Crippen LogP contribution in [0.1, 0.15) is 5.56 Å². The lowest BCUT2D eigenvalue weighted by atomic mass is 10.2. The van der Waals surface area contributed by atoms with Gasteiger partial charge in [0, 0.05) is 0 Å². The van der Waals surface area contributed by atoms with Crippen molar-refractivity contribution in [3.8, 4) is 0 Å². The van der Waals surface area contributed by atoms with E-state index < -0.39 is 0 Å². The third-order valence-electron chi connectivity index (χ3n) is 2.45. The molecular formula is C11H12ClNO2. The largest absolute Gasteiger partial charge is 0.443 e. The topological polar surface area (TPSA) is 29.5 Å². The van der Waals surface area contributed by atoms with Crippen LogP contribution in [0.3, 0.4) is 0 Å². The lowest BCUT2D eigenvalue weighted by molar-refractivity contribution is 0.151. The van der Waals surface area contributed by atoms with Gasteiger partial charge in [-0.25, -0.2) is 4.79 Å². The van der Waals surface area contributed by atoms with Crippen LogP contribution in [0.4, 0.5) is 10.5 Å². The highest BCUT2D eigenvalue weighted by Crippen LogP contribution is 2.24. The Morgan fingerprint density at radius 2 is 2.27 bits per heavy atom. The number of aryl methyl sites for hydroxylation is 1. The zero-order valence-corrected chi connectivity index (χ0v) is 9.20. The van der Waals surface area contributed by atoms with E-state index in [2.05, 4.69) is 0 Å². The van der Waals surface area contributed by atoms with Gasteiger partial charge in [-0.1, -0.05) is 18.2 Å². The third kappa shape index (κ3) is 1.92. The molecule has 0 unspecified atom stereocenters. The molecule has 0 aromatic heterocycles. The summed E-state index contributed by atoms with van der Waals surface area (Å²) in [6.07, 6.45) is -0.506. The van der Waals surface area contributed by atoms with Crippen molar-refractivity contribution in [1.29, 1.82) is 0 Å². The van der Waals surface area contributed by atoms with Crippen molar-refractivity contribution in [2.24, 2.45) is 0 Å². The van der Waals surface area contributed by atoms with Crippen molar-refractivity contribution in [1.82, 2.24) is 0 Å². The van der Waals surface area contributed by atoms with Crippen LogP contribution in [0, 0.1) is 6.92 Å². The monoisotopic (exact) mass is 225 g/mol. The van der Waals surface area contributed by atoms with Crippen molar-refractivity contribution in [3.63, 3.8) is 0 Å². The van der Waals surface area contributed by atoms with E-state index in [4.69, 9.17) is 16.3 Å². The van der Waals surface area contributed by atoms with Gasteiger partial charge in [0.1, 0.15) is 6.10 Å². The van der Waals surface area contributed by atoms with Gasteiger partial charge in [-0.05, 0) is 18.6 Å². The lowest BCUT2D eigenvalue weighted by Gasteiger charge is -2.15. The summed E-state index contributed by atoms with van der Waals surface area (Å²) in [5, 5.41) is 0. The van der Waals surface area contributed by atoms with E-state index >= 15 is 0 Å². The molecule has 0 saturated carbocycles. The molecule has 0 bridgehead atoms. The standard InChI is InChI=1S/C11H12ClNO2/c1-8-4-2-3-5-10(8)13-7-9(6-12)15-11(13)14/h2-5,9H,6-7H2,1H3/t9-/m0/s1. The summed E-state index contributed by atoms with van der Waals surface area (Å²) in [6.45, 7) is 2.50. The van der Waals surface area contributed by atoms with E-state index in [1.54, 1.807) is 4.90 Å². The van der Waals surface area contributed by atoms with Gasteiger partial charge >= 0.3 is 6.09 Å². The number of cyclic esters (lactones) is 1. The van der Waals surface area contributed by atoms with Gasteiger partial charge in [0.25, 0.3) is 0 Å². The van der Waals surface area contributed by atoms with Gasteiger partial charge in [0.05, 0.1) is 18.1 Å². The molecule has 1 heterocycles. The normalized spacial score (nSPS) is 20.5. The Bertz CT molecular complexity index is 381. The number of halogens is 1. The molecule has 0 N–H and O–H groups in total. The number of para-hydroxylation sites is 1. The van der Waals surface area contributed by atoms with Crippen LogP contribution >= 0.6 is 11.6 Å². The molecule has 1 amide bonds. The first-order chi connectivity index (χ1) is 7.22. The number of carbonyl (C=O) groups excluding carboxylic acids is 1. The number of hydrogen-bond donors (Lipinski definition) is 0. The fourth-order valence-electron chi connectivity index (χ4n) is 1.66. The molecule has 1 atom stereocenters. The van der Waals surface area contributed by atoms with Crippen LogP contribution in [-0.2, 0) is 4.74 Å². The molecule has 1 aliphatic heterocycles. The maximum Gasteiger partial charge on any atom is 0.414 e. The van der Waals surface area contributed by atoms with E-state index in [9.17, 15) is 4.79 Å². The average molecular weight is 226 g/mol. The van der Waals surface area contributed by atoms with Crippen molar-refractivity contribution in [2.45, 2.75) is 13.0 Å². The number of rotatable bonds is 2. The molecule has 1 fully saturated rings. The van der Waals surface area contributed by atoms with E-state index in [0.717, 1.165) is 11.3 Å². The number of amides is 1. The number of ether oxygens (including phenoxy) is 1. The van der Waals surface area contributed by atoms with E-state index in [0.29, 0.717) is 12.4 Å². The number of hydrogen-bond acceptors (Lipinski definition) is 2. The second kappa shape index (κ2) is 4.11. The first-order valence-corrected chi connectivity index (χ1v) is 5.35. The fourth-order valence-corrected chi connectivity index (χ4v) is 1.83. The summed E-state index contributed by atoms with van der Waals surface area (Å²) in [5.41, 5.74) is 1.96.